The Morgan fingerprint density at radius 3 is 2.46 bits per heavy atom. The number of hydrogen-bond donors (Lipinski definition) is 1. The number of halogens is 1. The summed E-state index contributed by atoms with van der Waals surface area (Å²) in [6.07, 6.45) is 0. The molecule has 0 radical (unpaired) electrons. The van der Waals surface area contributed by atoms with Gasteiger partial charge in [0.15, 0.2) is 5.82 Å². The molecule has 2 aromatic rings. The molecule has 1 saturated heterocycles. The number of anilines is 2. The van der Waals surface area contributed by atoms with Crippen molar-refractivity contribution in [3.8, 4) is 0 Å². The summed E-state index contributed by atoms with van der Waals surface area (Å²) in [5.74, 6) is 1.61. The number of rotatable bonds is 2. The van der Waals surface area contributed by atoms with Gasteiger partial charge in [0, 0.05) is 32.2 Å². The summed E-state index contributed by atoms with van der Waals surface area (Å²) in [5, 5.41) is 7.53. The lowest BCUT2D eigenvalue weighted by Crippen LogP contribution is -2.50. The fourth-order valence-corrected chi connectivity index (χ4v) is 3.27. The summed E-state index contributed by atoms with van der Waals surface area (Å²) in [7, 11) is 0. The van der Waals surface area contributed by atoms with Crippen molar-refractivity contribution in [3.63, 3.8) is 0 Å². The second-order valence-electron chi connectivity index (χ2n) is 6.14. The molecule has 1 aromatic heterocycles. The molecule has 1 N–H and O–H groups in total. The Kier molecular flexibility index (Phi) is 4.66. The van der Waals surface area contributed by atoms with Gasteiger partial charge in [-0.15, -0.1) is 0 Å². The second kappa shape index (κ2) is 6.73. The maximum atomic E-state index is 12.5. The number of benzene rings is 1. The van der Waals surface area contributed by atoms with Gasteiger partial charge in [0.25, 0.3) is 0 Å². The number of carbonyl (C=O) groups excluding carboxylic acids is 1. The summed E-state index contributed by atoms with van der Waals surface area (Å²) < 4.78 is 5.11. The first-order valence-corrected chi connectivity index (χ1v) is 8.33. The van der Waals surface area contributed by atoms with Crippen LogP contribution in [0, 0.1) is 20.8 Å². The van der Waals surface area contributed by atoms with Crippen molar-refractivity contribution in [1.29, 1.82) is 0 Å². The minimum atomic E-state index is -0.125. The smallest absolute Gasteiger partial charge is 0.322 e. The summed E-state index contributed by atoms with van der Waals surface area (Å²) in [5.41, 5.74) is 2.72. The van der Waals surface area contributed by atoms with E-state index in [1.165, 1.54) is 0 Å². The van der Waals surface area contributed by atoms with Crippen molar-refractivity contribution in [2.24, 2.45) is 0 Å². The molecule has 1 aromatic carbocycles. The second-order valence-corrected chi connectivity index (χ2v) is 6.55. The van der Waals surface area contributed by atoms with Crippen molar-refractivity contribution < 1.29 is 9.32 Å². The molecular weight excluding hydrogens is 328 g/mol. The van der Waals surface area contributed by atoms with Crippen molar-refractivity contribution in [2.45, 2.75) is 20.8 Å². The lowest BCUT2D eigenvalue weighted by Gasteiger charge is -2.34. The Morgan fingerprint density at radius 1 is 1.17 bits per heavy atom. The lowest BCUT2D eigenvalue weighted by atomic mass is 10.1. The predicted octanol–water partition coefficient (Wildman–Crippen LogP) is 3.61. The summed E-state index contributed by atoms with van der Waals surface area (Å²) >= 11 is 6.26. The van der Waals surface area contributed by atoms with Crippen LogP contribution in [0.2, 0.25) is 5.02 Å². The zero-order valence-electron chi connectivity index (χ0n) is 14.1. The van der Waals surface area contributed by atoms with Crippen molar-refractivity contribution in [2.75, 3.05) is 36.4 Å². The number of carbonyl (C=O) groups is 1. The van der Waals surface area contributed by atoms with Gasteiger partial charge >= 0.3 is 6.03 Å². The highest BCUT2D eigenvalue weighted by Crippen LogP contribution is 2.27. The molecule has 24 heavy (non-hydrogen) atoms. The molecule has 1 fully saturated rings. The van der Waals surface area contributed by atoms with Crippen LogP contribution < -0.4 is 10.2 Å². The number of piperazine rings is 1. The highest BCUT2D eigenvalue weighted by molar-refractivity contribution is 6.34. The topological polar surface area (TPSA) is 61.6 Å². The van der Waals surface area contributed by atoms with Gasteiger partial charge in [0.1, 0.15) is 5.76 Å². The van der Waals surface area contributed by atoms with E-state index < -0.39 is 0 Å². The van der Waals surface area contributed by atoms with Gasteiger partial charge in [-0.2, -0.15) is 0 Å². The molecule has 1 aliphatic rings. The van der Waals surface area contributed by atoms with Gasteiger partial charge in [-0.3, -0.25) is 0 Å². The van der Waals surface area contributed by atoms with Crippen molar-refractivity contribution >= 4 is 29.1 Å². The van der Waals surface area contributed by atoms with E-state index in [4.69, 9.17) is 16.1 Å². The number of nitrogens with zero attached hydrogens (tertiary/aromatic N) is 3. The highest BCUT2D eigenvalue weighted by Gasteiger charge is 2.23. The number of hydrogen-bond acceptors (Lipinski definition) is 4. The standard InChI is InChI=1S/C17H21ClN4O2/c1-11-8-12(2)16(14(18)9-11)19-17(23)22-6-4-21(5-7-22)15-10-13(3)24-20-15/h8-10H,4-7H2,1-3H3,(H,19,23). The minimum absolute atomic E-state index is 0.125. The fraction of sp³-hybridized carbons (Fsp3) is 0.412. The average Bonchev–Trinajstić information content (AvgIpc) is 2.97. The zero-order chi connectivity index (χ0) is 17.3. The molecule has 6 nitrogen and oxygen atoms in total. The molecule has 7 heteroatoms. The molecule has 0 saturated carbocycles. The third kappa shape index (κ3) is 3.48. The third-order valence-electron chi connectivity index (χ3n) is 4.17. The third-order valence-corrected chi connectivity index (χ3v) is 4.47. The maximum absolute atomic E-state index is 12.5. The molecule has 2 heterocycles. The molecule has 0 aliphatic carbocycles. The van der Waals surface area contributed by atoms with Crippen LogP contribution in [-0.2, 0) is 0 Å². The van der Waals surface area contributed by atoms with Crippen LogP contribution in [0.4, 0.5) is 16.3 Å². The molecule has 3 rings (SSSR count). The Balaban J connectivity index is 1.61. The first kappa shape index (κ1) is 16.6. The molecule has 0 spiro atoms. The fourth-order valence-electron chi connectivity index (χ4n) is 2.90. The summed E-state index contributed by atoms with van der Waals surface area (Å²) in [4.78, 5) is 16.4. The van der Waals surface area contributed by atoms with E-state index in [2.05, 4.69) is 15.4 Å². The van der Waals surface area contributed by atoms with E-state index >= 15 is 0 Å². The summed E-state index contributed by atoms with van der Waals surface area (Å²) in [6, 6.07) is 5.65. The van der Waals surface area contributed by atoms with Crippen LogP contribution in [-0.4, -0.2) is 42.3 Å². The van der Waals surface area contributed by atoms with E-state index in [-0.39, 0.29) is 6.03 Å². The predicted molar refractivity (Wildman–Crippen MR) is 95.0 cm³/mol. The molecular formula is C17H21ClN4O2. The van der Waals surface area contributed by atoms with Gasteiger partial charge in [-0.05, 0) is 38.0 Å². The Labute approximate surface area is 146 Å². The number of aromatic nitrogens is 1. The van der Waals surface area contributed by atoms with Crippen LogP contribution in [0.5, 0.6) is 0 Å². The maximum Gasteiger partial charge on any atom is 0.322 e. The number of urea groups is 1. The van der Waals surface area contributed by atoms with E-state index in [1.54, 1.807) is 4.90 Å². The molecule has 1 aliphatic heterocycles. The van der Waals surface area contributed by atoms with E-state index in [0.717, 1.165) is 35.8 Å². The van der Waals surface area contributed by atoms with Gasteiger partial charge in [0.05, 0.1) is 10.7 Å². The zero-order valence-corrected chi connectivity index (χ0v) is 14.9. The minimum Gasteiger partial charge on any atom is -0.360 e. The van der Waals surface area contributed by atoms with Crippen LogP contribution in [0.25, 0.3) is 0 Å². The van der Waals surface area contributed by atoms with Gasteiger partial charge in [-0.1, -0.05) is 22.8 Å². The number of amides is 2. The molecule has 0 bridgehead atoms. The van der Waals surface area contributed by atoms with E-state index in [9.17, 15) is 4.79 Å². The van der Waals surface area contributed by atoms with Crippen LogP contribution in [0.1, 0.15) is 16.9 Å². The van der Waals surface area contributed by atoms with Crippen LogP contribution >= 0.6 is 11.6 Å². The molecule has 0 unspecified atom stereocenters. The number of aryl methyl sites for hydroxylation is 3. The van der Waals surface area contributed by atoms with Crippen molar-refractivity contribution in [3.05, 3.63) is 40.1 Å². The molecule has 128 valence electrons. The number of nitrogens with one attached hydrogen (secondary N) is 1. The highest BCUT2D eigenvalue weighted by atomic mass is 35.5. The normalized spacial score (nSPS) is 14.8. The monoisotopic (exact) mass is 348 g/mol. The SMILES string of the molecule is Cc1cc(C)c(NC(=O)N2CCN(c3cc(C)on3)CC2)c(Cl)c1. The average molecular weight is 349 g/mol. The van der Waals surface area contributed by atoms with Crippen LogP contribution in [0.3, 0.4) is 0 Å². The van der Waals surface area contributed by atoms with E-state index in [0.29, 0.717) is 23.8 Å². The van der Waals surface area contributed by atoms with E-state index in [1.807, 2.05) is 39.0 Å². The Morgan fingerprint density at radius 2 is 1.88 bits per heavy atom. The van der Waals surface area contributed by atoms with Gasteiger partial charge in [-0.25, -0.2) is 4.79 Å². The summed E-state index contributed by atoms with van der Waals surface area (Å²) in [6.45, 7) is 8.49. The Hall–Kier alpha value is -2.21. The van der Waals surface area contributed by atoms with Crippen LogP contribution in [0.15, 0.2) is 22.7 Å². The molecule has 2 amide bonds. The van der Waals surface area contributed by atoms with Gasteiger partial charge < -0.3 is 19.6 Å². The van der Waals surface area contributed by atoms with Gasteiger partial charge in [0.2, 0.25) is 0 Å². The quantitative estimate of drug-likeness (QED) is 0.900. The first-order valence-electron chi connectivity index (χ1n) is 7.95. The lowest BCUT2D eigenvalue weighted by molar-refractivity contribution is 0.208. The first-order chi connectivity index (χ1) is 11.4. The van der Waals surface area contributed by atoms with Crippen molar-refractivity contribution in [1.82, 2.24) is 10.1 Å². The largest absolute Gasteiger partial charge is 0.360 e. The Bertz CT molecular complexity index is 728. The molecule has 0 atom stereocenters.